The van der Waals surface area contributed by atoms with Crippen molar-refractivity contribution in [3.8, 4) is 11.5 Å². The van der Waals surface area contributed by atoms with E-state index in [1.54, 1.807) is 12.1 Å². The van der Waals surface area contributed by atoms with Crippen LogP contribution in [0.1, 0.15) is 19.8 Å². The molecule has 0 heterocycles. The van der Waals surface area contributed by atoms with Crippen LogP contribution in [0, 0.1) is 0 Å². The van der Waals surface area contributed by atoms with Gasteiger partial charge >= 0.3 is 0 Å². The van der Waals surface area contributed by atoms with E-state index >= 15 is 0 Å². The molecule has 0 amide bonds. The third-order valence-electron chi connectivity index (χ3n) is 2.17. The molecule has 17 heavy (non-hydrogen) atoms. The second-order valence-electron chi connectivity index (χ2n) is 3.45. The largest absolute Gasteiger partial charge is 0.497 e. The fourth-order valence-corrected chi connectivity index (χ4v) is 2.24. The van der Waals surface area contributed by atoms with Gasteiger partial charge in [-0.2, -0.15) is 0 Å². The summed E-state index contributed by atoms with van der Waals surface area (Å²) in [4.78, 5) is -0.0605. The van der Waals surface area contributed by atoms with Crippen LogP contribution in [-0.2, 0) is 9.05 Å². The van der Waals surface area contributed by atoms with Crippen LogP contribution in [0.2, 0.25) is 0 Å². The first-order chi connectivity index (χ1) is 7.99. The average Bonchev–Trinajstić information content (AvgIpc) is 2.28. The standard InChI is InChI=1S/C11H15ClO4S/c1-3-4-7-16-10-6-5-9(15-2)8-11(10)17(12,13)14/h5-6,8H,3-4,7H2,1-2H3. The van der Waals surface area contributed by atoms with E-state index in [1.165, 1.54) is 13.2 Å². The van der Waals surface area contributed by atoms with Crippen molar-refractivity contribution in [3.05, 3.63) is 18.2 Å². The summed E-state index contributed by atoms with van der Waals surface area (Å²) in [5.41, 5.74) is 0. The molecule has 0 atom stereocenters. The summed E-state index contributed by atoms with van der Waals surface area (Å²) in [5, 5.41) is 0. The van der Waals surface area contributed by atoms with Crippen LogP contribution in [0.4, 0.5) is 0 Å². The molecule has 6 heteroatoms. The summed E-state index contributed by atoms with van der Waals surface area (Å²) in [6, 6.07) is 4.53. The molecule has 4 nitrogen and oxygen atoms in total. The number of ether oxygens (including phenoxy) is 2. The van der Waals surface area contributed by atoms with E-state index in [0.29, 0.717) is 12.4 Å². The van der Waals surface area contributed by atoms with Crippen LogP contribution >= 0.6 is 10.7 Å². The zero-order valence-electron chi connectivity index (χ0n) is 9.77. The van der Waals surface area contributed by atoms with Gasteiger partial charge in [0.15, 0.2) is 0 Å². The molecule has 0 unspecified atom stereocenters. The first-order valence-electron chi connectivity index (χ1n) is 5.24. The van der Waals surface area contributed by atoms with Crippen molar-refractivity contribution >= 4 is 19.7 Å². The lowest BCUT2D eigenvalue weighted by atomic mass is 10.3. The summed E-state index contributed by atoms with van der Waals surface area (Å²) in [6.45, 7) is 2.48. The maximum Gasteiger partial charge on any atom is 0.265 e. The minimum absolute atomic E-state index is 0.0605. The molecule has 0 saturated heterocycles. The van der Waals surface area contributed by atoms with Crippen LogP contribution < -0.4 is 9.47 Å². The normalized spacial score (nSPS) is 11.2. The van der Waals surface area contributed by atoms with Crippen molar-refractivity contribution in [1.82, 2.24) is 0 Å². The molecular formula is C11H15ClO4S. The topological polar surface area (TPSA) is 52.6 Å². The van der Waals surface area contributed by atoms with Gasteiger partial charge in [-0.05, 0) is 18.6 Å². The first-order valence-corrected chi connectivity index (χ1v) is 7.55. The maximum atomic E-state index is 11.4. The number of hydrogen-bond acceptors (Lipinski definition) is 4. The molecule has 0 aromatic heterocycles. The molecule has 0 fully saturated rings. The van der Waals surface area contributed by atoms with Gasteiger partial charge in [0.05, 0.1) is 13.7 Å². The highest BCUT2D eigenvalue weighted by Gasteiger charge is 2.18. The van der Waals surface area contributed by atoms with E-state index in [-0.39, 0.29) is 10.6 Å². The van der Waals surface area contributed by atoms with Gasteiger partial charge < -0.3 is 9.47 Å². The van der Waals surface area contributed by atoms with Crippen molar-refractivity contribution < 1.29 is 17.9 Å². The summed E-state index contributed by atoms with van der Waals surface area (Å²) in [7, 11) is 2.96. The molecule has 0 bridgehead atoms. The molecule has 0 aliphatic rings. The Morgan fingerprint density at radius 1 is 1.35 bits per heavy atom. The molecule has 1 aromatic carbocycles. The number of methoxy groups -OCH3 is 1. The van der Waals surface area contributed by atoms with Gasteiger partial charge in [0.1, 0.15) is 16.4 Å². The minimum Gasteiger partial charge on any atom is -0.497 e. The van der Waals surface area contributed by atoms with Crippen molar-refractivity contribution in [2.75, 3.05) is 13.7 Å². The van der Waals surface area contributed by atoms with Crippen LogP contribution in [0.25, 0.3) is 0 Å². The van der Waals surface area contributed by atoms with E-state index < -0.39 is 9.05 Å². The predicted octanol–water partition coefficient (Wildman–Crippen LogP) is 2.80. The molecule has 0 N–H and O–H groups in total. The average molecular weight is 279 g/mol. The number of hydrogen-bond donors (Lipinski definition) is 0. The number of halogens is 1. The van der Waals surface area contributed by atoms with Gasteiger partial charge in [0, 0.05) is 16.7 Å². The fourth-order valence-electron chi connectivity index (χ4n) is 1.25. The van der Waals surface area contributed by atoms with Crippen LogP contribution in [0.15, 0.2) is 23.1 Å². The highest BCUT2D eigenvalue weighted by atomic mass is 35.7. The number of unbranched alkanes of at least 4 members (excludes halogenated alkanes) is 1. The predicted molar refractivity (Wildman–Crippen MR) is 66.4 cm³/mol. The van der Waals surface area contributed by atoms with E-state index in [2.05, 4.69) is 0 Å². The summed E-state index contributed by atoms with van der Waals surface area (Å²) >= 11 is 0. The third kappa shape index (κ3) is 4.09. The highest BCUT2D eigenvalue weighted by molar-refractivity contribution is 8.13. The monoisotopic (exact) mass is 278 g/mol. The molecule has 96 valence electrons. The second kappa shape index (κ2) is 6.12. The van der Waals surface area contributed by atoms with Gasteiger partial charge in [-0.1, -0.05) is 13.3 Å². The first kappa shape index (κ1) is 14.1. The van der Waals surface area contributed by atoms with Crippen molar-refractivity contribution in [3.63, 3.8) is 0 Å². The molecule has 0 radical (unpaired) electrons. The van der Waals surface area contributed by atoms with Gasteiger partial charge in [0.2, 0.25) is 0 Å². The zero-order chi connectivity index (χ0) is 12.9. The summed E-state index contributed by atoms with van der Waals surface area (Å²) < 4.78 is 33.1. The third-order valence-corrected chi connectivity index (χ3v) is 3.51. The van der Waals surface area contributed by atoms with Crippen molar-refractivity contribution in [1.29, 1.82) is 0 Å². The quantitative estimate of drug-likeness (QED) is 0.593. The van der Waals surface area contributed by atoms with Crippen LogP contribution in [-0.4, -0.2) is 22.1 Å². The molecule has 0 spiro atoms. The van der Waals surface area contributed by atoms with Gasteiger partial charge in [-0.25, -0.2) is 8.42 Å². The second-order valence-corrected chi connectivity index (χ2v) is 5.99. The van der Waals surface area contributed by atoms with E-state index in [0.717, 1.165) is 12.8 Å². The zero-order valence-corrected chi connectivity index (χ0v) is 11.3. The molecular weight excluding hydrogens is 264 g/mol. The Kier molecular flexibility index (Phi) is 5.08. The molecule has 1 rings (SSSR count). The number of rotatable bonds is 6. The maximum absolute atomic E-state index is 11.4. The highest BCUT2D eigenvalue weighted by Crippen LogP contribution is 2.30. The Balaban J connectivity index is 3.03. The van der Waals surface area contributed by atoms with Crippen molar-refractivity contribution in [2.45, 2.75) is 24.7 Å². The Bertz CT molecular complexity index is 470. The summed E-state index contributed by atoms with van der Waals surface area (Å²) in [6.07, 6.45) is 1.83. The van der Waals surface area contributed by atoms with Crippen molar-refractivity contribution in [2.24, 2.45) is 0 Å². The minimum atomic E-state index is -3.84. The van der Waals surface area contributed by atoms with Crippen LogP contribution in [0.5, 0.6) is 11.5 Å². The lowest BCUT2D eigenvalue weighted by Gasteiger charge is -2.10. The van der Waals surface area contributed by atoms with E-state index in [9.17, 15) is 8.42 Å². The van der Waals surface area contributed by atoms with Gasteiger partial charge in [0.25, 0.3) is 9.05 Å². The lowest BCUT2D eigenvalue weighted by Crippen LogP contribution is -2.02. The Labute approximate surface area is 106 Å². The van der Waals surface area contributed by atoms with E-state index in [1.807, 2.05) is 6.92 Å². The lowest BCUT2D eigenvalue weighted by molar-refractivity contribution is 0.300. The SMILES string of the molecule is CCCCOc1ccc(OC)cc1S(=O)(=O)Cl. The van der Waals surface area contributed by atoms with Gasteiger partial charge in [-0.3, -0.25) is 0 Å². The molecule has 0 saturated carbocycles. The Hall–Kier alpha value is -0.940. The Morgan fingerprint density at radius 2 is 2.06 bits per heavy atom. The van der Waals surface area contributed by atoms with E-state index in [4.69, 9.17) is 20.2 Å². The molecule has 1 aromatic rings. The van der Waals surface area contributed by atoms with Crippen LogP contribution in [0.3, 0.4) is 0 Å². The van der Waals surface area contributed by atoms with Gasteiger partial charge in [-0.15, -0.1) is 0 Å². The fraction of sp³-hybridized carbons (Fsp3) is 0.455. The molecule has 0 aliphatic heterocycles. The number of benzene rings is 1. The smallest absolute Gasteiger partial charge is 0.265 e. The molecule has 0 aliphatic carbocycles. The summed E-state index contributed by atoms with van der Waals surface area (Å²) in [5.74, 6) is 0.682. The Morgan fingerprint density at radius 3 is 2.59 bits per heavy atom.